The standard InChI is InChI=1S/C13H13N3O3S/c14-10-7-4-6-2-1-3-8(6)16-13(7)20-11(10)12(19)15-5-9(17)18/h4H,1-3,5,14H2,(H,15,19)(H,17,18). The van der Waals surface area contributed by atoms with Gasteiger partial charge in [-0.15, -0.1) is 11.3 Å². The van der Waals surface area contributed by atoms with E-state index in [4.69, 9.17) is 10.8 Å². The Balaban J connectivity index is 1.99. The zero-order chi connectivity index (χ0) is 14.3. The number of anilines is 1. The van der Waals surface area contributed by atoms with Crippen LogP contribution < -0.4 is 11.1 Å². The molecule has 0 unspecified atom stereocenters. The number of aliphatic carboxylic acids is 1. The van der Waals surface area contributed by atoms with E-state index in [-0.39, 0.29) is 0 Å². The SMILES string of the molecule is Nc1c(C(=O)NCC(=O)O)sc2nc3c(cc12)CCC3. The number of nitrogens with one attached hydrogen (secondary N) is 1. The van der Waals surface area contributed by atoms with Gasteiger partial charge in [-0.25, -0.2) is 4.98 Å². The normalized spacial score (nSPS) is 13.4. The molecule has 0 bridgehead atoms. The largest absolute Gasteiger partial charge is 0.480 e. The van der Waals surface area contributed by atoms with E-state index in [0.717, 1.165) is 35.2 Å². The molecule has 20 heavy (non-hydrogen) atoms. The van der Waals surface area contributed by atoms with E-state index < -0.39 is 18.4 Å². The van der Waals surface area contributed by atoms with Crippen molar-refractivity contribution >= 4 is 39.1 Å². The zero-order valence-corrected chi connectivity index (χ0v) is 11.4. The average molecular weight is 291 g/mol. The van der Waals surface area contributed by atoms with Crippen molar-refractivity contribution in [3.05, 3.63) is 22.2 Å². The van der Waals surface area contributed by atoms with Gasteiger partial charge in [0.2, 0.25) is 0 Å². The summed E-state index contributed by atoms with van der Waals surface area (Å²) < 4.78 is 0. The minimum Gasteiger partial charge on any atom is -0.480 e. The van der Waals surface area contributed by atoms with Crippen LogP contribution in [0, 0.1) is 0 Å². The first-order valence-electron chi connectivity index (χ1n) is 6.27. The Morgan fingerprint density at radius 2 is 2.25 bits per heavy atom. The van der Waals surface area contributed by atoms with Gasteiger partial charge in [0.05, 0.1) is 5.69 Å². The van der Waals surface area contributed by atoms with Crippen LogP contribution in [0.1, 0.15) is 27.3 Å². The van der Waals surface area contributed by atoms with Crippen molar-refractivity contribution in [3.8, 4) is 0 Å². The van der Waals surface area contributed by atoms with Crippen molar-refractivity contribution in [1.82, 2.24) is 10.3 Å². The van der Waals surface area contributed by atoms with Crippen LogP contribution in [0.2, 0.25) is 0 Å². The fraction of sp³-hybridized carbons (Fsp3) is 0.308. The number of carboxylic acid groups (broad SMARTS) is 1. The van der Waals surface area contributed by atoms with E-state index in [0.29, 0.717) is 10.6 Å². The maximum absolute atomic E-state index is 11.9. The number of carbonyl (C=O) groups is 2. The minimum absolute atomic E-state index is 0.331. The second-order valence-corrected chi connectivity index (χ2v) is 5.72. The van der Waals surface area contributed by atoms with Gasteiger partial charge in [-0.1, -0.05) is 0 Å². The molecular formula is C13H13N3O3S. The number of nitrogen functional groups attached to an aromatic ring is 1. The van der Waals surface area contributed by atoms with Crippen molar-refractivity contribution in [3.63, 3.8) is 0 Å². The number of thiophene rings is 1. The van der Waals surface area contributed by atoms with E-state index in [1.54, 1.807) is 0 Å². The van der Waals surface area contributed by atoms with Crippen LogP contribution in [0.4, 0.5) is 5.69 Å². The lowest BCUT2D eigenvalue weighted by molar-refractivity contribution is -0.135. The molecule has 1 aliphatic carbocycles. The lowest BCUT2D eigenvalue weighted by Crippen LogP contribution is -2.29. The van der Waals surface area contributed by atoms with Gasteiger partial charge < -0.3 is 16.2 Å². The number of amides is 1. The molecule has 0 atom stereocenters. The monoisotopic (exact) mass is 291 g/mol. The summed E-state index contributed by atoms with van der Waals surface area (Å²) in [6, 6.07) is 2.00. The fourth-order valence-corrected chi connectivity index (χ4v) is 3.42. The van der Waals surface area contributed by atoms with Crippen molar-refractivity contribution in [1.29, 1.82) is 0 Å². The first-order chi connectivity index (χ1) is 9.56. The van der Waals surface area contributed by atoms with Gasteiger partial charge in [-0.05, 0) is 30.9 Å². The van der Waals surface area contributed by atoms with Gasteiger partial charge in [0.25, 0.3) is 5.91 Å². The van der Waals surface area contributed by atoms with Gasteiger partial charge in [0, 0.05) is 11.1 Å². The summed E-state index contributed by atoms with van der Waals surface area (Å²) in [6.07, 6.45) is 3.06. The quantitative estimate of drug-likeness (QED) is 0.787. The Hall–Kier alpha value is -2.15. The average Bonchev–Trinajstić information content (AvgIpc) is 2.98. The van der Waals surface area contributed by atoms with Crippen LogP contribution >= 0.6 is 11.3 Å². The summed E-state index contributed by atoms with van der Waals surface area (Å²) in [5, 5.41) is 11.7. The van der Waals surface area contributed by atoms with Crippen LogP contribution in [0.5, 0.6) is 0 Å². The van der Waals surface area contributed by atoms with Gasteiger partial charge in [-0.3, -0.25) is 9.59 Å². The predicted octanol–water partition coefficient (Wildman–Crippen LogP) is 1.18. The third kappa shape index (κ3) is 2.09. The van der Waals surface area contributed by atoms with E-state index >= 15 is 0 Å². The highest BCUT2D eigenvalue weighted by Gasteiger charge is 2.21. The molecule has 0 saturated heterocycles. The summed E-state index contributed by atoms with van der Waals surface area (Å²) in [7, 11) is 0. The molecule has 0 radical (unpaired) electrons. The van der Waals surface area contributed by atoms with Crippen LogP contribution in [-0.4, -0.2) is 28.5 Å². The van der Waals surface area contributed by atoms with Crippen molar-refractivity contribution < 1.29 is 14.7 Å². The molecule has 7 heteroatoms. The fourth-order valence-electron chi connectivity index (χ4n) is 2.40. The number of nitrogens with two attached hydrogens (primary N) is 1. The van der Waals surface area contributed by atoms with E-state index in [9.17, 15) is 9.59 Å². The minimum atomic E-state index is -1.09. The summed E-state index contributed by atoms with van der Waals surface area (Å²) in [5.41, 5.74) is 8.66. The molecule has 0 saturated carbocycles. The second kappa shape index (κ2) is 4.75. The molecule has 1 amide bonds. The first kappa shape index (κ1) is 12.9. The molecule has 0 fully saturated rings. The molecule has 0 spiro atoms. The highest BCUT2D eigenvalue weighted by Crippen LogP contribution is 2.35. The molecule has 0 aliphatic heterocycles. The van der Waals surface area contributed by atoms with Gasteiger partial charge in [0.15, 0.2) is 0 Å². The number of nitrogens with zero attached hydrogens (tertiary/aromatic N) is 1. The van der Waals surface area contributed by atoms with E-state index in [2.05, 4.69) is 10.3 Å². The van der Waals surface area contributed by atoms with E-state index in [1.165, 1.54) is 16.9 Å². The molecule has 3 rings (SSSR count). The molecule has 0 aromatic carbocycles. The van der Waals surface area contributed by atoms with Crippen molar-refractivity contribution in [2.45, 2.75) is 19.3 Å². The zero-order valence-electron chi connectivity index (χ0n) is 10.6. The lowest BCUT2D eigenvalue weighted by atomic mass is 10.1. The number of aromatic nitrogens is 1. The van der Waals surface area contributed by atoms with Crippen molar-refractivity contribution in [2.75, 3.05) is 12.3 Å². The van der Waals surface area contributed by atoms with Gasteiger partial charge in [0.1, 0.15) is 16.3 Å². The predicted molar refractivity (Wildman–Crippen MR) is 76.0 cm³/mol. The van der Waals surface area contributed by atoms with Crippen molar-refractivity contribution in [2.24, 2.45) is 0 Å². The number of aryl methyl sites for hydroxylation is 2. The van der Waals surface area contributed by atoms with Crippen LogP contribution in [-0.2, 0) is 17.6 Å². The van der Waals surface area contributed by atoms with E-state index in [1.807, 2.05) is 6.07 Å². The molecule has 2 aromatic heterocycles. The first-order valence-corrected chi connectivity index (χ1v) is 7.08. The maximum Gasteiger partial charge on any atom is 0.322 e. The summed E-state index contributed by atoms with van der Waals surface area (Å²) in [4.78, 5) is 28.0. The molecular weight excluding hydrogens is 278 g/mol. The Labute approximate surface area is 118 Å². The third-order valence-corrected chi connectivity index (χ3v) is 4.47. The van der Waals surface area contributed by atoms with Crippen LogP contribution in [0.25, 0.3) is 10.2 Å². The summed E-state index contributed by atoms with van der Waals surface area (Å²) in [5.74, 6) is -1.55. The van der Waals surface area contributed by atoms with Gasteiger partial charge >= 0.3 is 5.97 Å². The summed E-state index contributed by atoms with van der Waals surface area (Å²) in [6.45, 7) is -0.420. The highest BCUT2D eigenvalue weighted by atomic mass is 32.1. The summed E-state index contributed by atoms with van der Waals surface area (Å²) >= 11 is 1.21. The number of fused-ring (bicyclic) bond motifs is 2. The topological polar surface area (TPSA) is 105 Å². The molecule has 6 nitrogen and oxygen atoms in total. The van der Waals surface area contributed by atoms with Crippen LogP contribution in [0.15, 0.2) is 6.07 Å². The number of pyridine rings is 1. The number of carboxylic acids is 1. The molecule has 4 N–H and O–H groups in total. The Morgan fingerprint density at radius 1 is 1.45 bits per heavy atom. The molecule has 2 aromatic rings. The highest BCUT2D eigenvalue weighted by molar-refractivity contribution is 7.21. The maximum atomic E-state index is 11.9. The number of carbonyl (C=O) groups excluding carboxylic acids is 1. The Kier molecular flexibility index (Phi) is 3.06. The number of hydrogen-bond acceptors (Lipinski definition) is 5. The molecule has 1 aliphatic rings. The lowest BCUT2D eigenvalue weighted by Gasteiger charge is -2.00. The van der Waals surface area contributed by atoms with Gasteiger partial charge in [-0.2, -0.15) is 0 Å². The molecule has 104 valence electrons. The third-order valence-electron chi connectivity index (χ3n) is 3.36. The Morgan fingerprint density at radius 3 is 3.00 bits per heavy atom. The number of hydrogen-bond donors (Lipinski definition) is 3. The second-order valence-electron chi connectivity index (χ2n) is 4.72. The Bertz CT molecular complexity index is 723. The number of rotatable bonds is 3. The van der Waals surface area contributed by atoms with Crippen LogP contribution in [0.3, 0.4) is 0 Å². The molecule has 2 heterocycles. The smallest absolute Gasteiger partial charge is 0.322 e.